The van der Waals surface area contributed by atoms with Crippen LogP contribution in [-0.4, -0.2) is 41.1 Å². The lowest BCUT2D eigenvalue weighted by Gasteiger charge is -2.59. The number of nitrogens with one attached hydrogen (secondary N) is 2. The van der Waals surface area contributed by atoms with Crippen LogP contribution in [0.4, 0.5) is 0 Å². The molecule has 0 heterocycles. The number of nitrogens with zero attached hydrogens (tertiary/aromatic N) is 1. The molecule has 4 aliphatic rings. The van der Waals surface area contributed by atoms with Crippen LogP contribution in [-0.2, 0) is 9.59 Å². The van der Waals surface area contributed by atoms with E-state index in [4.69, 9.17) is 0 Å². The SMILES string of the molecule is CSCCC(N/C=C(/C#N)C(=O)NC(C)C12CC3CC(CC(C3)C1)C2)C(=O)O. The fraction of sp³-hybridized carbons (Fsp3) is 0.762. The number of hydrogen-bond donors (Lipinski definition) is 3. The quantitative estimate of drug-likeness (QED) is 0.403. The minimum atomic E-state index is -0.982. The van der Waals surface area contributed by atoms with E-state index in [9.17, 15) is 20.0 Å². The Morgan fingerprint density at radius 3 is 2.29 bits per heavy atom. The molecular weight excluding hydrogens is 374 g/mol. The molecule has 7 heteroatoms. The van der Waals surface area contributed by atoms with Crippen LogP contribution in [0.5, 0.6) is 0 Å². The lowest BCUT2D eigenvalue weighted by atomic mass is 9.48. The fourth-order valence-corrected chi connectivity index (χ4v) is 6.45. The predicted molar refractivity (Wildman–Crippen MR) is 109 cm³/mol. The number of carbonyl (C=O) groups is 2. The third-order valence-electron chi connectivity index (χ3n) is 7.05. The van der Waals surface area contributed by atoms with E-state index in [0.717, 1.165) is 17.8 Å². The maximum atomic E-state index is 12.7. The van der Waals surface area contributed by atoms with E-state index in [0.29, 0.717) is 12.2 Å². The van der Waals surface area contributed by atoms with E-state index < -0.39 is 17.9 Å². The molecule has 0 aromatic heterocycles. The van der Waals surface area contributed by atoms with Crippen molar-refractivity contribution in [2.75, 3.05) is 12.0 Å². The van der Waals surface area contributed by atoms with Crippen molar-refractivity contribution in [2.24, 2.45) is 23.2 Å². The number of carbonyl (C=O) groups excluding carboxylic acids is 1. The molecule has 6 nitrogen and oxygen atoms in total. The van der Waals surface area contributed by atoms with Crippen molar-refractivity contribution in [1.82, 2.24) is 10.6 Å². The smallest absolute Gasteiger partial charge is 0.326 e. The highest BCUT2D eigenvalue weighted by Gasteiger charge is 2.53. The van der Waals surface area contributed by atoms with Crippen molar-refractivity contribution in [1.29, 1.82) is 5.26 Å². The third kappa shape index (κ3) is 4.48. The second kappa shape index (κ2) is 8.77. The van der Waals surface area contributed by atoms with Gasteiger partial charge in [0, 0.05) is 12.2 Å². The van der Waals surface area contributed by atoms with Gasteiger partial charge in [-0.25, -0.2) is 4.79 Å². The van der Waals surface area contributed by atoms with Crippen LogP contribution in [0.25, 0.3) is 0 Å². The monoisotopic (exact) mass is 405 g/mol. The van der Waals surface area contributed by atoms with Gasteiger partial charge in [-0.2, -0.15) is 17.0 Å². The van der Waals surface area contributed by atoms with Crippen molar-refractivity contribution < 1.29 is 14.7 Å². The first kappa shape index (κ1) is 21.0. The van der Waals surface area contributed by atoms with Gasteiger partial charge in [0.1, 0.15) is 17.7 Å². The average molecular weight is 406 g/mol. The van der Waals surface area contributed by atoms with Crippen LogP contribution in [0.15, 0.2) is 11.8 Å². The number of amides is 1. The van der Waals surface area contributed by atoms with E-state index in [2.05, 4.69) is 17.6 Å². The molecule has 0 spiro atoms. The van der Waals surface area contributed by atoms with Gasteiger partial charge >= 0.3 is 5.97 Å². The molecule has 4 fully saturated rings. The Labute approximate surface area is 171 Å². The topological polar surface area (TPSA) is 102 Å². The molecule has 4 aliphatic carbocycles. The van der Waals surface area contributed by atoms with E-state index in [-0.39, 0.29) is 17.0 Å². The van der Waals surface area contributed by atoms with Gasteiger partial charge in [0.05, 0.1) is 0 Å². The average Bonchev–Trinajstić information content (AvgIpc) is 2.63. The second-order valence-corrected chi connectivity index (χ2v) is 9.97. The summed E-state index contributed by atoms with van der Waals surface area (Å²) in [7, 11) is 0. The number of hydrogen-bond acceptors (Lipinski definition) is 5. The van der Waals surface area contributed by atoms with E-state index in [1.54, 1.807) is 11.8 Å². The summed E-state index contributed by atoms with van der Waals surface area (Å²) in [5.41, 5.74) is 0.104. The zero-order valence-electron chi connectivity index (χ0n) is 16.7. The van der Waals surface area contributed by atoms with Crippen molar-refractivity contribution in [2.45, 2.75) is 64.0 Å². The molecule has 4 bridgehead atoms. The van der Waals surface area contributed by atoms with Crippen LogP contribution >= 0.6 is 11.8 Å². The number of thioether (sulfide) groups is 1. The minimum absolute atomic E-state index is 0.0249. The summed E-state index contributed by atoms with van der Waals surface area (Å²) < 4.78 is 0. The van der Waals surface area contributed by atoms with Gasteiger partial charge in [-0.15, -0.1) is 0 Å². The molecule has 3 N–H and O–H groups in total. The molecule has 0 radical (unpaired) electrons. The summed E-state index contributed by atoms with van der Waals surface area (Å²) in [6, 6.07) is 1.14. The number of nitriles is 1. The van der Waals surface area contributed by atoms with Crippen LogP contribution in [0.1, 0.15) is 51.9 Å². The van der Waals surface area contributed by atoms with Crippen molar-refractivity contribution in [3.63, 3.8) is 0 Å². The van der Waals surface area contributed by atoms with Gasteiger partial charge in [0.2, 0.25) is 0 Å². The Morgan fingerprint density at radius 2 is 1.82 bits per heavy atom. The molecule has 0 aliphatic heterocycles. The highest BCUT2D eigenvalue weighted by atomic mass is 32.2. The van der Waals surface area contributed by atoms with Gasteiger partial charge in [-0.3, -0.25) is 4.79 Å². The zero-order chi connectivity index (χ0) is 20.3. The summed E-state index contributed by atoms with van der Waals surface area (Å²) in [6.45, 7) is 2.08. The number of rotatable bonds is 9. The predicted octanol–water partition coefficient (Wildman–Crippen LogP) is 2.91. The van der Waals surface area contributed by atoms with Crippen molar-refractivity contribution >= 4 is 23.6 Å². The van der Waals surface area contributed by atoms with E-state index in [1.807, 2.05) is 12.3 Å². The minimum Gasteiger partial charge on any atom is -0.480 e. The van der Waals surface area contributed by atoms with Gasteiger partial charge in [0.25, 0.3) is 5.91 Å². The lowest BCUT2D eigenvalue weighted by molar-refractivity contribution is -0.139. The molecule has 4 rings (SSSR count). The largest absolute Gasteiger partial charge is 0.480 e. The molecular formula is C21H31N3O3S. The van der Waals surface area contributed by atoms with Gasteiger partial charge in [-0.1, -0.05) is 0 Å². The second-order valence-electron chi connectivity index (χ2n) is 8.98. The Hall–Kier alpha value is -1.68. The van der Waals surface area contributed by atoms with Crippen LogP contribution in [0.3, 0.4) is 0 Å². The standard InChI is InChI=1S/C21H31N3O3S/c1-13(21-8-14-5-15(9-21)7-16(6-14)10-21)24-19(25)17(11-22)12-23-18(20(26)27)3-4-28-2/h12-16,18,23H,3-10H2,1-2H3,(H,24,25)(H,26,27)/b17-12-. The summed E-state index contributed by atoms with van der Waals surface area (Å²) >= 11 is 1.56. The van der Waals surface area contributed by atoms with Crippen LogP contribution < -0.4 is 10.6 Å². The molecule has 0 aromatic rings. The number of carboxylic acids is 1. The number of aliphatic carboxylic acids is 1. The summed E-state index contributed by atoms with van der Waals surface area (Å²) in [5.74, 6) is 1.69. The normalized spacial score (nSPS) is 33.0. The molecule has 4 saturated carbocycles. The molecule has 154 valence electrons. The number of carboxylic acid groups (broad SMARTS) is 1. The van der Waals surface area contributed by atoms with E-state index in [1.165, 1.54) is 44.7 Å². The van der Waals surface area contributed by atoms with Crippen LogP contribution in [0.2, 0.25) is 0 Å². The Bertz CT molecular complexity index is 650. The Morgan fingerprint density at radius 1 is 1.25 bits per heavy atom. The summed E-state index contributed by atoms with van der Waals surface area (Å²) in [6.07, 6.45) is 11.2. The fourth-order valence-electron chi connectivity index (χ4n) is 5.98. The van der Waals surface area contributed by atoms with Crippen LogP contribution in [0, 0.1) is 34.5 Å². The Kier molecular flexibility index (Phi) is 6.59. The molecule has 2 unspecified atom stereocenters. The first-order valence-corrected chi connectivity index (χ1v) is 11.6. The highest BCUT2D eigenvalue weighted by Crippen LogP contribution is 2.61. The molecule has 1 amide bonds. The first-order valence-electron chi connectivity index (χ1n) is 10.3. The molecule has 2 atom stereocenters. The maximum Gasteiger partial charge on any atom is 0.326 e. The molecule has 0 aromatic carbocycles. The highest BCUT2D eigenvalue weighted by molar-refractivity contribution is 7.98. The third-order valence-corrected chi connectivity index (χ3v) is 7.70. The molecule has 28 heavy (non-hydrogen) atoms. The lowest BCUT2D eigenvalue weighted by Crippen LogP contribution is -2.56. The van der Waals surface area contributed by atoms with Gasteiger partial charge < -0.3 is 15.7 Å². The Balaban J connectivity index is 1.62. The maximum absolute atomic E-state index is 12.7. The van der Waals surface area contributed by atoms with Crippen molar-refractivity contribution in [3.8, 4) is 6.07 Å². The molecule has 0 saturated heterocycles. The first-order chi connectivity index (χ1) is 13.4. The van der Waals surface area contributed by atoms with Gasteiger partial charge in [0.15, 0.2) is 0 Å². The summed E-state index contributed by atoms with van der Waals surface area (Å²) in [4.78, 5) is 24.0. The van der Waals surface area contributed by atoms with Crippen molar-refractivity contribution in [3.05, 3.63) is 11.8 Å². The summed E-state index contributed by atoms with van der Waals surface area (Å²) in [5, 5.41) is 24.5. The zero-order valence-corrected chi connectivity index (χ0v) is 17.6. The van der Waals surface area contributed by atoms with E-state index >= 15 is 0 Å². The van der Waals surface area contributed by atoms with Gasteiger partial charge in [-0.05, 0) is 87.0 Å².